The molecule has 1 amide bonds. The zero-order valence-corrected chi connectivity index (χ0v) is 18.1. The van der Waals surface area contributed by atoms with Crippen LogP contribution in [0, 0.1) is 0 Å². The predicted molar refractivity (Wildman–Crippen MR) is 118 cm³/mol. The van der Waals surface area contributed by atoms with Gasteiger partial charge in [0.1, 0.15) is 11.6 Å². The third-order valence-electron chi connectivity index (χ3n) is 6.41. The molecule has 5 rings (SSSR count). The molecular weight excluding hydrogens is 392 g/mol. The van der Waals surface area contributed by atoms with Crippen LogP contribution >= 0.6 is 0 Å². The molecular formula is C24H30N4O3. The van der Waals surface area contributed by atoms with Gasteiger partial charge in [-0.2, -0.15) is 0 Å². The molecule has 31 heavy (non-hydrogen) atoms. The number of rotatable bonds is 5. The smallest absolute Gasteiger partial charge is 0.290 e. The molecule has 3 aromatic rings. The van der Waals surface area contributed by atoms with E-state index in [0.717, 1.165) is 93.3 Å². The van der Waals surface area contributed by atoms with Crippen molar-refractivity contribution < 1.29 is 13.9 Å². The van der Waals surface area contributed by atoms with Crippen molar-refractivity contribution in [3.8, 4) is 0 Å². The van der Waals surface area contributed by atoms with Crippen LogP contribution in [0.4, 0.5) is 0 Å². The van der Waals surface area contributed by atoms with Crippen LogP contribution in [0.5, 0.6) is 0 Å². The molecule has 1 aromatic carbocycles. The first-order valence-electron chi connectivity index (χ1n) is 11.4. The second-order valence-corrected chi connectivity index (χ2v) is 8.45. The Morgan fingerprint density at radius 1 is 1.19 bits per heavy atom. The number of nitrogens with zero attached hydrogens (tertiary/aromatic N) is 3. The third kappa shape index (κ3) is 4.12. The van der Waals surface area contributed by atoms with Crippen molar-refractivity contribution in [2.45, 2.75) is 45.2 Å². The maximum absolute atomic E-state index is 13.5. The molecule has 7 heteroatoms. The van der Waals surface area contributed by atoms with Crippen molar-refractivity contribution >= 4 is 16.9 Å². The van der Waals surface area contributed by atoms with Crippen molar-refractivity contribution in [1.29, 1.82) is 0 Å². The van der Waals surface area contributed by atoms with Crippen LogP contribution in [-0.4, -0.2) is 58.5 Å². The van der Waals surface area contributed by atoms with Gasteiger partial charge in [0.25, 0.3) is 5.91 Å². The standard InChI is InChI=1S/C24H30N4O3/c1-2-21-17(16-27-11-13-30-14-12-27)15-22(31-21)24(29)28-10-6-5-9-20(28)23-25-18-7-3-4-8-19(18)26-23/h3-4,7-8,15,20H,2,5-6,9-14,16H2,1H3,(H,25,26)/t20-/m0/s1. The Kier molecular flexibility index (Phi) is 5.78. The van der Waals surface area contributed by atoms with Crippen molar-refractivity contribution in [3.63, 3.8) is 0 Å². The highest BCUT2D eigenvalue weighted by Crippen LogP contribution is 2.32. The van der Waals surface area contributed by atoms with E-state index in [0.29, 0.717) is 5.76 Å². The second-order valence-electron chi connectivity index (χ2n) is 8.45. The normalized spacial score (nSPS) is 20.4. The number of ether oxygens (including phenoxy) is 1. The number of aromatic nitrogens is 2. The van der Waals surface area contributed by atoms with Crippen LogP contribution in [-0.2, 0) is 17.7 Å². The zero-order valence-electron chi connectivity index (χ0n) is 18.1. The number of aryl methyl sites for hydroxylation is 1. The number of benzene rings is 1. The first-order valence-corrected chi connectivity index (χ1v) is 11.4. The second kappa shape index (κ2) is 8.85. The van der Waals surface area contributed by atoms with Gasteiger partial charge in [-0.3, -0.25) is 9.69 Å². The van der Waals surface area contributed by atoms with E-state index >= 15 is 0 Å². The van der Waals surface area contributed by atoms with Gasteiger partial charge in [-0.15, -0.1) is 0 Å². The van der Waals surface area contributed by atoms with Crippen LogP contribution in [0.25, 0.3) is 11.0 Å². The molecule has 2 saturated heterocycles. The highest BCUT2D eigenvalue weighted by molar-refractivity contribution is 5.92. The van der Waals surface area contributed by atoms with E-state index in [1.54, 1.807) is 0 Å². The van der Waals surface area contributed by atoms with Gasteiger partial charge in [0.15, 0.2) is 5.76 Å². The Morgan fingerprint density at radius 3 is 2.84 bits per heavy atom. The number of H-pyrrole nitrogens is 1. The minimum absolute atomic E-state index is 0.0342. The van der Waals surface area contributed by atoms with E-state index < -0.39 is 0 Å². The van der Waals surface area contributed by atoms with Crippen molar-refractivity contribution in [3.05, 3.63) is 53.2 Å². The topological polar surface area (TPSA) is 74.6 Å². The molecule has 164 valence electrons. The summed E-state index contributed by atoms with van der Waals surface area (Å²) in [6.45, 7) is 6.96. The molecule has 1 N–H and O–H groups in total. The number of hydrogen-bond donors (Lipinski definition) is 1. The lowest BCUT2D eigenvalue weighted by atomic mass is 10.0. The minimum atomic E-state index is -0.0495. The Morgan fingerprint density at radius 2 is 2.03 bits per heavy atom. The van der Waals surface area contributed by atoms with E-state index in [4.69, 9.17) is 14.1 Å². The quantitative estimate of drug-likeness (QED) is 0.675. The number of para-hydroxylation sites is 2. The molecule has 2 fully saturated rings. The summed E-state index contributed by atoms with van der Waals surface area (Å²) in [5.41, 5.74) is 3.06. The van der Waals surface area contributed by atoms with Crippen molar-refractivity contribution in [1.82, 2.24) is 19.8 Å². The number of hydrogen-bond acceptors (Lipinski definition) is 5. The number of morpholine rings is 1. The Bertz CT molecular complexity index is 1020. The highest BCUT2D eigenvalue weighted by Gasteiger charge is 2.33. The molecule has 0 bridgehead atoms. The van der Waals surface area contributed by atoms with Gasteiger partial charge in [-0.25, -0.2) is 4.98 Å². The van der Waals surface area contributed by atoms with Gasteiger partial charge in [-0.1, -0.05) is 19.1 Å². The molecule has 0 aliphatic carbocycles. The van der Waals surface area contributed by atoms with Crippen LogP contribution < -0.4 is 0 Å². The SMILES string of the molecule is CCc1oc(C(=O)N2CCCC[C@H]2c2nc3ccccc3[nH]2)cc1CN1CCOCC1. The van der Waals surface area contributed by atoms with Gasteiger partial charge in [0, 0.05) is 38.2 Å². The van der Waals surface area contributed by atoms with Gasteiger partial charge in [-0.05, 0) is 37.5 Å². The van der Waals surface area contributed by atoms with E-state index in [9.17, 15) is 4.79 Å². The highest BCUT2D eigenvalue weighted by atomic mass is 16.5. The molecule has 2 aliphatic heterocycles. The number of imidazole rings is 1. The lowest BCUT2D eigenvalue weighted by molar-refractivity contribution is 0.0339. The van der Waals surface area contributed by atoms with Gasteiger partial charge < -0.3 is 19.0 Å². The van der Waals surface area contributed by atoms with Crippen LogP contribution in [0.1, 0.15) is 59.9 Å². The summed E-state index contributed by atoms with van der Waals surface area (Å²) in [5, 5.41) is 0. The van der Waals surface area contributed by atoms with Gasteiger partial charge >= 0.3 is 0 Å². The number of fused-ring (bicyclic) bond motifs is 1. The number of furan rings is 1. The lowest BCUT2D eigenvalue weighted by Crippen LogP contribution is -2.38. The summed E-state index contributed by atoms with van der Waals surface area (Å²) in [4.78, 5) is 26.0. The fourth-order valence-corrected chi connectivity index (χ4v) is 4.74. The largest absolute Gasteiger partial charge is 0.456 e. The number of piperidine rings is 1. The average molecular weight is 423 g/mol. The van der Waals surface area contributed by atoms with E-state index in [1.165, 1.54) is 0 Å². The van der Waals surface area contributed by atoms with Crippen LogP contribution in [0.15, 0.2) is 34.7 Å². The minimum Gasteiger partial charge on any atom is -0.456 e. The zero-order chi connectivity index (χ0) is 21.2. The fraction of sp³-hybridized carbons (Fsp3) is 0.500. The Hall–Kier alpha value is -2.64. The molecule has 0 saturated carbocycles. The number of nitrogens with one attached hydrogen (secondary N) is 1. The van der Waals surface area contributed by atoms with Crippen molar-refractivity contribution in [2.75, 3.05) is 32.8 Å². The summed E-state index contributed by atoms with van der Waals surface area (Å²) in [5.74, 6) is 2.19. The number of aromatic amines is 1. The molecule has 2 aromatic heterocycles. The van der Waals surface area contributed by atoms with Crippen LogP contribution in [0.3, 0.4) is 0 Å². The average Bonchev–Trinajstić information content (AvgIpc) is 3.43. The Balaban J connectivity index is 1.39. The first kappa shape index (κ1) is 20.3. The molecule has 0 radical (unpaired) electrons. The van der Waals surface area contributed by atoms with Gasteiger partial charge in [0.05, 0.1) is 30.3 Å². The summed E-state index contributed by atoms with van der Waals surface area (Å²) < 4.78 is 11.5. The van der Waals surface area contributed by atoms with Crippen LogP contribution in [0.2, 0.25) is 0 Å². The first-order chi connectivity index (χ1) is 15.2. The monoisotopic (exact) mass is 422 g/mol. The third-order valence-corrected chi connectivity index (χ3v) is 6.41. The van der Waals surface area contributed by atoms with E-state index in [-0.39, 0.29) is 11.9 Å². The summed E-state index contributed by atoms with van der Waals surface area (Å²) in [6.07, 6.45) is 3.78. The number of amides is 1. The van der Waals surface area contributed by atoms with E-state index in [2.05, 4.69) is 16.8 Å². The lowest BCUT2D eigenvalue weighted by Gasteiger charge is -2.33. The van der Waals surface area contributed by atoms with Crippen molar-refractivity contribution in [2.24, 2.45) is 0 Å². The summed E-state index contributed by atoms with van der Waals surface area (Å²) in [6, 6.07) is 9.93. The summed E-state index contributed by atoms with van der Waals surface area (Å²) in [7, 11) is 0. The predicted octanol–water partition coefficient (Wildman–Crippen LogP) is 3.92. The maximum atomic E-state index is 13.5. The number of likely N-dealkylation sites (tertiary alicyclic amines) is 1. The van der Waals surface area contributed by atoms with E-state index in [1.807, 2.05) is 35.2 Å². The molecule has 0 unspecified atom stereocenters. The molecule has 1 atom stereocenters. The summed E-state index contributed by atoms with van der Waals surface area (Å²) >= 11 is 0. The molecule has 2 aliphatic rings. The van der Waals surface area contributed by atoms with Gasteiger partial charge in [0.2, 0.25) is 0 Å². The molecule has 7 nitrogen and oxygen atoms in total. The Labute approximate surface area is 182 Å². The number of carbonyl (C=O) groups is 1. The maximum Gasteiger partial charge on any atom is 0.290 e. The molecule has 4 heterocycles. The number of carbonyl (C=O) groups excluding carboxylic acids is 1. The fourth-order valence-electron chi connectivity index (χ4n) is 4.74. The molecule has 0 spiro atoms.